The number of aromatic nitrogens is 3. The van der Waals surface area contributed by atoms with E-state index < -0.39 is 0 Å². The second-order valence-electron chi connectivity index (χ2n) is 8.05. The summed E-state index contributed by atoms with van der Waals surface area (Å²) < 4.78 is 8.63. The molecular formula is C27H20N4O2S. The first-order valence-electron chi connectivity index (χ1n) is 10.7. The monoisotopic (exact) mass is 464 g/mol. The van der Waals surface area contributed by atoms with Gasteiger partial charge in [0.15, 0.2) is 0 Å². The van der Waals surface area contributed by atoms with Gasteiger partial charge in [0.2, 0.25) is 5.88 Å². The lowest BCUT2D eigenvalue weighted by atomic mass is 10.1. The van der Waals surface area contributed by atoms with Gasteiger partial charge in [0.05, 0.1) is 15.8 Å². The van der Waals surface area contributed by atoms with Crippen molar-refractivity contribution in [2.24, 2.45) is 0 Å². The fourth-order valence-corrected chi connectivity index (χ4v) is 4.72. The highest BCUT2D eigenvalue weighted by Crippen LogP contribution is 2.31. The number of nitriles is 1. The summed E-state index contributed by atoms with van der Waals surface area (Å²) in [5.74, 6) is 0.753. The van der Waals surface area contributed by atoms with E-state index in [0.717, 1.165) is 26.9 Å². The van der Waals surface area contributed by atoms with Crippen LogP contribution in [0.3, 0.4) is 0 Å². The van der Waals surface area contributed by atoms with Gasteiger partial charge in [-0.15, -0.1) is 11.3 Å². The molecule has 0 saturated carbocycles. The van der Waals surface area contributed by atoms with Crippen LogP contribution in [0.2, 0.25) is 0 Å². The molecule has 0 spiro atoms. The van der Waals surface area contributed by atoms with Gasteiger partial charge in [-0.3, -0.25) is 9.20 Å². The summed E-state index contributed by atoms with van der Waals surface area (Å²) >= 11 is 1.40. The quantitative estimate of drug-likeness (QED) is 0.301. The molecule has 7 heteroatoms. The highest BCUT2D eigenvalue weighted by molar-refractivity contribution is 7.19. The van der Waals surface area contributed by atoms with Crippen molar-refractivity contribution in [1.29, 1.82) is 5.26 Å². The van der Waals surface area contributed by atoms with Gasteiger partial charge in [-0.05, 0) is 62.2 Å². The van der Waals surface area contributed by atoms with Crippen molar-refractivity contribution >= 4 is 38.8 Å². The maximum absolute atomic E-state index is 13.6. The molecule has 0 amide bonds. The SMILES string of the molecule is Cc1ccc(Oc2nc3c(C)cccn3c(=O)c2/C=C(\C#N)c2nc3ccccc3s2)c(C)c1. The molecule has 0 saturated heterocycles. The lowest BCUT2D eigenvalue weighted by molar-refractivity contribution is 0.457. The van der Waals surface area contributed by atoms with E-state index in [0.29, 0.717) is 16.4 Å². The van der Waals surface area contributed by atoms with Crippen LogP contribution < -0.4 is 10.3 Å². The van der Waals surface area contributed by atoms with Crippen LogP contribution in [0.25, 0.3) is 27.5 Å². The van der Waals surface area contributed by atoms with Gasteiger partial charge in [0.25, 0.3) is 5.56 Å². The van der Waals surface area contributed by atoms with Crippen LogP contribution in [-0.4, -0.2) is 14.4 Å². The molecule has 34 heavy (non-hydrogen) atoms. The standard InChI is InChI=1S/C27H20N4O2S/c1-16-10-11-22(18(3)13-16)33-25-20(27(32)31-12-6-7-17(2)24(31)30-25)14-19(15-28)26-29-21-8-4-5-9-23(21)34-26/h4-14H,1-3H3/b19-14+. The van der Waals surface area contributed by atoms with Gasteiger partial charge in [-0.25, -0.2) is 4.98 Å². The van der Waals surface area contributed by atoms with Crippen LogP contribution in [-0.2, 0) is 0 Å². The number of aryl methyl sites for hydroxylation is 3. The summed E-state index contributed by atoms with van der Waals surface area (Å²) in [5.41, 5.74) is 4.33. The smallest absolute Gasteiger partial charge is 0.269 e. The van der Waals surface area contributed by atoms with Crippen molar-refractivity contribution in [3.8, 4) is 17.7 Å². The second-order valence-corrected chi connectivity index (χ2v) is 9.08. The first-order valence-corrected chi connectivity index (χ1v) is 11.5. The normalized spacial score (nSPS) is 11.6. The van der Waals surface area contributed by atoms with Crippen LogP contribution in [0.1, 0.15) is 27.3 Å². The number of fused-ring (bicyclic) bond motifs is 2. The molecule has 2 aromatic carbocycles. The fraction of sp³-hybridized carbons (Fsp3) is 0.111. The summed E-state index contributed by atoms with van der Waals surface area (Å²) in [6, 6.07) is 19.4. The third-order valence-electron chi connectivity index (χ3n) is 5.52. The zero-order chi connectivity index (χ0) is 23.8. The first kappa shape index (κ1) is 21.6. The Balaban J connectivity index is 1.74. The Morgan fingerprint density at radius 3 is 2.65 bits per heavy atom. The third kappa shape index (κ3) is 3.85. The van der Waals surface area contributed by atoms with Crippen LogP contribution in [0, 0.1) is 32.1 Å². The van der Waals surface area contributed by atoms with Crippen molar-refractivity contribution < 1.29 is 4.74 Å². The van der Waals surface area contributed by atoms with E-state index in [9.17, 15) is 10.1 Å². The van der Waals surface area contributed by atoms with E-state index in [1.807, 2.05) is 69.3 Å². The van der Waals surface area contributed by atoms with Crippen LogP contribution in [0.4, 0.5) is 0 Å². The molecule has 0 N–H and O–H groups in total. The number of thiazole rings is 1. The fourth-order valence-electron chi connectivity index (χ4n) is 3.79. The van der Waals surface area contributed by atoms with Gasteiger partial charge in [0.1, 0.15) is 28.0 Å². The summed E-state index contributed by atoms with van der Waals surface area (Å²) in [5, 5.41) is 10.5. The van der Waals surface area contributed by atoms with Gasteiger partial charge >= 0.3 is 0 Å². The molecule has 0 aliphatic carbocycles. The molecule has 0 atom stereocenters. The van der Waals surface area contributed by atoms with E-state index in [4.69, 9.17) is 4.74 Å². The lowest BCUT2D eigenvalue weighted by Gasteiger charge is -2.13. The van der Waals surface area contributed by atoms with Gasteiger partial charge < -0.3 is 4.74 Å². The van der Waals surface area contributed by atoms with E-state index in [2.05, 4.69) is 16.0 Å². The average Bonchev–Trinajstić information content (AvgIpc) is 3.25. The topological polar surface area (TPSA) is 80.3 Å². The van der Waals surface area contributed by atoms with Gasteiger partial charge in [0, 0.05) is 6.20 Å². The summed E-state index contributed by atoms with van der Waals surface area (Å²) in [6.45, 7) is 5.84. The molecule has 0 unspecified atom stereocenters. The molecule has 0 aliphatic heterocycles. The number of ether oxygens (including phenoxy) is 1. The van der Waals surface area contributed by atoms with E-state index in [1.54, 1.807) is 12.3 Å². The number of benzene rings is 2. The molecule has 0 bridgehead atoms. The lowest BCUT2D eigenvalue weighted by Crippen LogP contribution is -2.19. The zero-order valence-corrected chi connectivity index (χ0v) is 19.7. The predicted molar refractivity (Wildman–Crippen MR) is 135 cm³/mol. The number of hydrogen-bond acceptors (Lipinski definition) is 6. The molecule has 0 fully saturated rings. The van der Waals surface area contributed by atoms with E-state index in [-0.39, 0.29) is 22.6 Å². The Kier molecular flexibility index (Phi) is 5.44. The number of rotatable bonds is 4. The first-order chi connectivity index (χ1) is 16.4. The van der Waals surface area contributed by atoms with Crippen molar-refractivity contribution in [1.82, 2.24) is 14.4 Å². The molecule has 5 aromatic rings. The van der Waals surface area contributed by atoms with Crippen molar-refractivity contribution in [2.45, 2.75) is 20.8 Å². The van der Waals surface area contributed by atoms with Crippen molar-refractivity contribution in [3.63, 3.8) is 0 Å². The minimum Gasteiger partial charge on any atom is -0.438 e. The van der Waals surface area contributed by atoms with Crippen LogP contribution >= 0.6 is 11.3 Å². The Labute approximate surface area is 200 Å². The summed E-state index contributed by atoms with van der Waals surface area (Å²) in [4.78, 5) is 22.8. The van der Waals surface area contributed by atoms with Crippen molar-refractivity contribution in [2.75, 3.05) is 0 Å². The minimum absolute atomic E-state index is 0.153. The van der Waals surface area contributed by atoms with Gasteiger partial charge in [-0.2, -0.15) is 10.2 Å². The molecular weight excluding hydrogens is 444 g/mol. The highest BCUT2D eigenvalue weighted by atomic mass is 32.1. The molecule has 6 nitrogen and oxygen atoms in total. The largest absolute Gasteiger partial charge is 0.438 e. The van der Waals surface area contributed by atoms with Crippen molar-refractivity contribution in [3.05, 3.63) is 98.4 Å². The third-order valence-corrected chi connectivity index (χ3v) is 6.59. The maximum Gasteiger partial charge on any atom is 0.269 e. The Hall–Kier alpha value is -4.28. The zero-order valence-electron chi connectivity index (χ0n) is 18.9. The maximum atomic E-state index is 13.6. The van der Waals surface area contributed by atoms with E-state index >= 15 is 0 Å². The Morgan fingerprint density at radius 1 is 1.06 bits per heavy atom. The molecule has 5 rings (SSSR count). The number of para-hydroxylation sites is 1. The number of pyridine rings is 1. The number of hydrogen-bond donors (Lipinski definition) is 0. The Bertz CT molecular complexity index is 1670. The van der Waals surface area contributed by atoms with E-state index in [1.165, 1.54) is 21.8 Å². The van der Waals surface area contributed by atoms with Crippen LogP contribution in [0.15, 0.2) is 65.6 Å². The van der Waals surface area contributed by atoms with Gasteiger partial charge in [-0.1, -0.05) is 35.9 Å². The molecule has 166 valence electrons. The highest BCUT2D eigenvalue weighted by Gasteiger charge is 2.18. The second kappa shape index (κ2) is 8.58. The Morgan fingerprint density at radius 2 is 1.88 bits per heavy atom. The molecule has 0 aliphatic rings. The summed E-state index contributed by atoms with van der Waals surface area (Å²) in [7, 11) is 0. The average molecular weight is 465 g/mol. The predicted octanol–water partition coefficient (Wildman–Crippen LogP) is 6.09. The number of allylic oxidation sites excluding steroid dienone is 1. The molecule has 3 heterocycles. The summed E-state index contributed by atoms with van der Waals surface area (Å²) in [6.07, 6.45) is 3.19. The number of nitrogens with zero attached hydrogens (tertiary/aromatic N) is 4. The van der Waals surface area contributed by atoms with Crippen LogP contribution in [0.5, 0.6) is 11.6 Å². The molecule has 3 aromatic heterocycles. The minimum atomic E-state index is -0.317. The molecule has 0 radical (unpaired) electrons.